The lowest BCUT2D eigenvalue weighted by Gasteiger charge is -2.07. The number of ketones is 1. The van der Waals surface area contributed by atoms with E-state index in [1.54, 1.807) is 18.2 Å². The molecule has 0 aliphatic heterocycles. The van der Waals surface area contributed by atoms with Gasteiger partial charge in [-0.25, -0.2) is 0 Å². The number of hydrogen-bond donors (Lipinski definition) is 0. The Labute approximate surface area is 126 Å². The Morgan fingerprint density at radius 2 is 1.86 bits per heavy atom. The largest absolute Gasteiger partial charge is 0.494 e. The highest BCUT2D eigenvalue weighted by Crippen LogP contribution is 2.15. The Kier molecular flexibility index (Phi) is 8.17. The van der Waals surface area contributed by atoms with Crippen molar-refractivity contribution in [2.24, 2.45) is 0 Å². The molecule has 0 aliphatic rings. The molecule has 1 rings (SSSR count). The second-order valence-corrected chi connectivity index (χ2v) is 4.87. The van der Waals surface area contributed by atoms with E-state index < -0.39 is 0 Å². The molecule has 0 atom stereocenters. The number of unbranched alkanes of at least 4 members (excludes halogenated alkanes) is 1. The van der Waals surface area contributed by atoms with Crippen LogP contribution in [0.15, 0.2) is 24.3 Å². The molecule has 0 N–H and O–H groups in total. The monoisotopic (exact) mass is 292 g/mol. The van der Waals surface area contributed by atoms with Gasteiger partial charge in [-0.05, 0) is 25.0 Å². The maximum atomic E-state index is 12.0. The number of rotatable bonds is 10. The second kappa shape index (κ2) is 9.97. The summed E-state index contributed by atoms with van der Waals surface area (Å²) in [6.07, 6.45) is 3.06. The Hall–Kier alpha value is -1.84. The molecule has 0 saturated heterocycles. The highest BCUT2D eigenvalue weighted by atomic mass is 16.5. The van der Waals surface area contributed by atoms with Gasteiger partial charge in [0.25, 0.3) is 0 Å². The molecule has 4 heteroatoms. The Morgan fingerprint density at radius 3 is 2.57 bits per heavy atom. The summed E-state index contributed by atoms with van der Waals surface area (Å²) in [7, 11) is 0. The van der Waals surface area contributed by atoms with Crippen molar-refractivity contribution < 1.29 is 19.1 Å². The van der Waals surface area contributed by atoms with Gasteiger partial charge in [0.1, 0.15) is 5.75 Å². The maximum Gasteiger partial charge on any atom is 0.306 e. The van der Waals surface area contributed by atoms with Crippen LogP contribution in [0.1, 0.15) is 56.3 Å². The molecule has 116 valence electrons. The van der Waals surface area contributed by atoms with Gasteiger partial charge in [0.05, 0.1) is 19.6 Å². The van der Waals surface area contributed by atoms with E-state index in [1.807, 2.05) is 19.9 Å². The van der Waals surface area contributed by atoms with E-state index in [4.69, 9.17) is 9.47 Å². The molecule has 1 aromatic rings. The molecule has 0 saturated carbocycles. The van der Waals surface area contributed by atoms with Crippen molar-refractivity contribution in [2.45, 2.75) is 46.0 Å². The standard InChI is InChI=1S/C17H24O4/c1-3-5-12-21-17(19)10-9-16(18)14-7-6-8-15(13-14)20-11-4-2/h6-8,13H,3-5,9-12H2,1-2H3. The summed E-state index contributed by atoms with van der Waals surface area (Å²) in [5.74, 6) is 0.313. The van der Waals surface area contributed by atoms with E-state index in [9.17, 15) is 9.59 Å². The third-order valence-electron chi connectivity index (χ3n) is 2.95. The number of benzene rings is 1. The van der Waals surface area contributed by atoms with Crippen molar-refractivity contribution in [3.8, 4) is 5.75 Å². The van der Waals surface area contributed by atoms with Gasteiger partial charge in [-0.3, -0.25) is 9.59 Å². The third-order valence-corrected chi connectivity index (χ3v) is 2.95. The highest BCUT2D eigenvalue weighted by molar-refractivity contribution is 5.97. The molecule has 0 bridgehead atoms. The molecule has 0 aromatic heterocycles. The molecule has 0 aliphatic carbocycles. The van der Waals surface area contributed by atoms with Gasteiger partial charge < -0.3 is 9.47 Å². The van der Waals surface area contributed by atoms with Crippen LogP contribution in [0, 0.1) is 0 Å². The minimum Gasteiger partial charge on any atom is -0.494 e. The van der Waals surface area contributed by atoms with Gasteiger partial charge >= 0.3 is 5.97 Å². The zero-order valence-electron chi connectivity index (χ0n) is 12.9. The Morgan fingerprint density at radius 1 is 1.05 bits per heavy atom. The smallest absolute Gasteiger partial charge is 0.306 e. The van der Waals surface area contributed by atoms with Crippen LogP contribution in [0.5, 0.6) is 5.75 Å². The normalized spacial score (nSPS) is 10.2. The molecule has 1 aromatic carbocycles. The summed E-state index contributed by atoms with van der Waals surface area (Å²) >= 11 is 0. The minimum atomic E-state index is -0.310. The fraction of sp³-hybridized carbons (Fsp3) is 0.529. The second-order valence-electron chi connectivity index (χ2n) is 4.87. The summed E-state index contributed by atoms with van der Waals surface area (Å²) in [4.78, 5) is 23.5. The molecule has 4 nitrogen and oxygen atoms in total. The van der Waals surface area contributed by atoms with E-state index in [2.05, 4.69) is 0 Å². The fourth-order valence-corrected chi connectivity index (χ4v) is 1.74. The number of Topliss-reactive ketones (excluding diaryl/α,β-unsaturated/α-hetero) is 1. The lowest BCUT2D eigenvalue weighted by Crippen LogP contribution is -2.09. The lowest BCUT2D eigenvalue weighted by molar-refractivity contribution is -0.143. The average molecular weight is 292 g/mol. The first-order valence-corrected chi connectivity index (χ1v) is 7.59. The van der Waals surface area contributed by atoms with Crippen molar-refractivity contribution in [1.82, 2.24) is 0 Å². The molecule has 0 heterocycles. The molecule has 0 unspecified atom stereocenters. The molecule has 21 heavy (non-hydrogen) atoms. The van der Waals surface area contributed by atoms with Crippen LogP contribution >= 0.6 is 0 Å². The van der Waals surface area contributed by atoms with Crippen molar-refractivity contribution in [1.29, 1.82) is 0 Å². The van der Waals surface area contributed by atoms with E-state index in [-0.39, 0.29) is 24.6 Å². The summed E-state index contributed by atoms with van der Waals surface area (Å²) in [5.41, 5.74) is 0.574. The van der Waals surface area contributed by atoms with Gasteiger partial charge in [0, 0.05) is 12.0 Å². The summed E-state index contributed by atoms with van der Waals surface area (Å²) < 4.78 is 10.5. The topological polar surface area (TPSA) is 52.6 Å². The van der Waals surface area contributed by atoms with Crippen molar-refractivity contribution in [3.05, 3.63) is 29.8 Å². The van der Waals surface area contributed by atoms with Crippen LogP contribution in [-0.4, -0.2) is 25.0 Å². The number of ether oxygens (including phenoxy) is 2. The van der Waals surface area contributed by atoms with Crippen molar-refractivity contribution in [3.63, 3.8) is 0 Å². The van der Waals surface area contributed by atoms with Crippen LogP contribution < -0.4 is 4.74 Å². The predicted molar refractivity (Wildman–Crippen MR) is 81.7 cm³/mol. The molecule has 0 radical (unpaired) electrons. The van der Waals surface area contributed by atoms with E-state index >= 15 is 0 Å². The van der Waals surface area contributed by atoms with E-state index in [0.717, 1.165) is 19.3 Å². The SMILES string of the molecule is CCCCOC(=O)CCC(=O)c1cccc(OCCC)c1. The number of hydrogen-bond acceptors (Lipinski definition) is 4. The number of carbonyl (C=O) groups is 2. The van der Waals surface area contributed by atoms with E-state index in [1.165, 1.54) is 0 Å². The van der Waals surface area contributed by atoms with Gasteiger partial charge in [-0.1, -0.05) is 32.4 Å². The zero-order valence-corrected chi connectivity index (χ0v) is 12.9. The Balaban J connectivity index is 2.42. The van der Waals surface area contributed by atoms with Crippen LogP contribution in [0.2, 0.25) is 0 Å². The molecular formula is C17H24O4. The molecule has 0 amide bonds. The summed E-state index contributed by atoms with van der Waals surface area (Å²) in [6.45, 7) is 5.12. The predicted octanol–water partition coefficient (Wildman–Crippen LogP) is 3.78. The Bertz CT molecular complexity index is 454. The first-order valence-electron chi connectivity index (χ1n) is 7.59. The summed E-state index contributed by atoms with van der Waals surface area (Å²) in [6, 6.07) is 7.08. The maximum absolute atomic E-state index is 12.0. The molecular weight excluding hydrogens is 268 g/mol. The van der Waals surface area contributed by atoms with Crippen LogP contribution in [0.4, 0.5) is 0 Å². The molecule has 0 fully saturated rings. The van der Waals surface area contributed by atoms with Crippen molar-refractivity contribution in [2.75, 3.05) is 13.2 Å². The first kappa shape index (κ1) is 17.2. The minimum absolute atomic E-state index is 0.0654. The third kappa shape index (κ3) is 6.93. The quantitative estimate of drug-likeness (QED) is 0.374. The lowest BCUT2D eigenvalue weighted by atomic mass is 10.1. The average Bonchev–Trinajstić information content (AvgIpc) is 2.51. The highest BCUT2D eigenvalue weighted by Gasteiger charge is 2.11. The molecule has 0 spiro atoms. The van der Waals surface area contributed by atoms with Gasteiger partial charge in [0.2, 0.25) is 0 Å². The van der Waals surface area contributed by atoms with Crippen LogP contribution in [-0.2, 0) is 9.53 Å². The van der Waals surface area contributed by atoms with Crippen LogP contribution in [0.3, 0.4) is 0 Å². The number of esters is 1. The number of carbonyl (C=O) groups excluding carboxylic acids is 2. The summed E-state index contributed by atoms with van der Waals surface area (Å²) in [5, 5.41) is 0. The van der Waals surface area contributed by atoms with Crippen LogP contribution in [0.25, 0.3) is 0 Å². The van der Waals surface area contributed by atoms with Gasteiger partial charge in [-0.15, -0.1) is 0 Å². The van der Waals surface area contributed by atoms with Gasteiger partial charge in [0.15, 0.2) is 5.78 Å². The zero-order chi connectivity index (χ0) is 15.5. The van der Waals surface area contributed by atoms with Gasteiger partial charge in [-0.2, -0.15) is 0 Å². The fourth-order valence-electron chi connectivity index (χ4n) is 1.74. The van der Waals surface area contributed by atoms with E-state index in [0.29, 0.717) is 24.5 Å². The first-order chi connectivity index (χ1) is 10.2. The van der Waals surface area contributed by atoms with Crippen molar-refractivity contribution >= 4 is 11.8 Å².